The molecule has 1 aromatic rings. The number of hydrogen-bond acceptors (Lipinski definition) is 5. The van der Waals surface area contributed by atoms with E-state index in [1.807, 2.05) is 0 Å². The Morgan fingerprint density at radius 1 is 1.59 bits per heavy atom. The second-order valence-electron chi connectivity index (χ2n) is 3.38. The maximum absolute atomic E-state index is 11.9. The van der Waals surface area contributed by atoms with E-state index in [2.05, 4.69) is 10.3 Å². The molecule has 1 unspecified atom stereocenters. The molecule has 0 aliphatic carbocycles. The summed E-state index contributed by atoms with van der Waals surface area (Å²) in [6, 6.07) is 1.11. The van der Waals surface area contributed by atoms with Gasteiger partial charge < -0.3 is 19.9 Å². The molecule has 1 aromatic heterocycles. The molecule has 0 saturated carbocycles. The van der Waals surface area contributed by atoms with Gasteiger partial charge in [-0.25, -0.2) is 0 Å². The van der Waals surface area contributed by atoms with E-state index >= 15 is 0 Å². The summed E-state index contributed by atoms with van der Waals surface area (Å²) < 4.78 is 9.89. The van der Waals surface area contributed by atoms with Crippen LogP contribution < -0.4 is 10.1 Å². The fourth-order valence-corrected chi connectivity index (χ4v) is 1.33. The van der Waals surface area contributed by atoms with Crippen LogP contribution in [0.2, 0.25) is 0 Å². The van der Waals surface area contributed by atoms with Crippen molar-refractivity contribution in [3.8, 4) is 5.75 Å². The first-order valence-corrected chi connectivity index (χ1v) is 5.11. The van der Waals surface area contributed by atoms with Crippen LogP contribution in [0.4, 0.5) is 0 Å². The van der Waals surface area contributed by atoms with Crippen LogP contribution in [0.5, 0.6) is 5.75 Å². The Morgan fingerprint density at radius 2 is 2.35 bits per heavy atom. The van der Waals surface area contributed by atoms with E-state index in [0.29, 0.717) is 11.3 Å². The number of nitrogens with one attached hydrogen (secondary N) is 1. The summed E-state index contributed by atoms with van der Waals surface area (Å²) in [5, 5.41) is 11.7. The highest BCUT2D eigenvalue weighted by Gasteiger charge is 2.16. The SMILES string of the molecule is COCC(CO)NC(=O)c1ccncc1OC. The van der Waals surface area contributed by atoms with Crippen molar-refractivity contribution in [2.45, 2.75) is 6.04 Å². The second kappa shape index (κ2) is 6.82. The van der Waals surface area contributed by atoms with Crippen LogP contribution in [0.25, 0.3) is 0 Å². The highest BCUT2D eigenvalue weighted by molar-refractivity contribution is 5.96. The van der Waals surface area contributed by atoms with Crippen molar-refractivity contribution in [3.63, 3.8) is 0 Å². The minimum Gasteiger partial charge on any atom is -0.494 e. The van der Waals surface area contributed by atoms with Gasteiger partial charge in [0.2, 0.25) is 0 Å². The Labute approximate surface area is 99.6 Å². The number of ether oxygens (including phenoxy) is 2. The summed E-state index contributed by atoms with van der Waals surface area (Å²) in [4.78, 5) is 15.7. The number of nitrogens with zero attached hydrogens (tertiary/aromatic N) is 1. The number of methoxy groups -OCH3 is 2. The average molecular weight is 240 g/mol. The largest absolute Gasteiger partial charge is 0.494 e. The Balaban J connectivity index is 2.75. The van der Waals surface area contributed by atoms with Gasteiger partial charge in [0.05, 0.1) is 38.1 Å². The third-order valence-corrected chi connectivity index (χ3v) is 2.17. The Hall–Kier alpha value is -1.66. The Bertz CT molecular complexity index is 370. The smallest absolute Gasteiger partial charge is 0.255 e. The first-order chi connectivity index (χ1) is 8.22. The maximum Gasteiger partial charge on any atom is 0.255 e. The summed E-state index contributed by atoms with van der Waals surface area (Å²) in [6.45, 7) is 0.0582. The summed E-state index contributed by atoms with van der Waals surface area (Å²) in [6.07, 6.45) is 2.96. The molecule has 0 fully saturated rings. The van der Waals surface area contributed by atoms with Crippen molar-refractivity contribution in [1.29, 1.82) is 0 Å². The number of amides is 1. The predicted octanol–water partition coefficient (Wildman–Crippen LogP) is -0.173. The lowest BCUT2D eigenvalue weighted by molar-refractivity contribution is 0.0837. The highest BCUT2D eigenvalue weighted by atomic mass is 16.5. The summed E-state index contributed by atoms with van der Waals surface area (Å²) in [5.41, 5.74) is 0.372. The first kappa shape index (κ1) is 13.4. The number of aromatic nitrogens is 1. The number of carbonyl (C=O) groups excluding carboxylic acids is 1. The molecule has 0 aliphatic heterocycles. The van der Waals surface area contributed by atoms with Crippen molar-refractivity contribution in [2.75, 3.05) is 27.4 Å². The van der Waals surface area contributed by atoms with Gasteiger partial charge in [0.15, 0.2) is 0 Å². The van der Waals surface area contributed by atoms with E-state index in [1.54, 1.807) is 6.07 Å². The van der Waals surface area contributed by atoms with Gasteiger partial charge in [0, 0.05) is 13.3 Å². The van der Waals surface area contributed by atoms with Crippen molar-refractivity contribution in [1.82, 2.24) is 10.3 Å². The molecule has 6 nitrogen and oxygen atoms in total. The quantitative estimate of drug-likeness (QED) is 0.721. The molecule has 0 saturated heterocycles. The van der Waals surface area contributed by atoms with Crippen molar-refractivity contribution in [3.05, 3.63) is 24.0 Å². The fourth-order valence-electron chi connectivity index (χ4n) is 1.33. The zero-order chi connectivity index (χ0) is 12.7. The molecule has 0 radical (unpaired) electrons. The van der Waals surface area contributed by atoms with Crippen molar-refractivity contribution in [2.24, 2.45) is 0 Å². The second-order valence-corrected chi connectivity index (χ2v) is 3.38. The molecule has 1 atom stereocenters. The Kier molecular flexibility index (Phi) is 5.38. The predicted molar refractivity (Wildman–Crippen MR) is 61.0 cm³/mol. The number of aliphatic hydroxyl groups excluding tert-OH is 1. The van der Waals surface area contributed by atoms with E-state index in [-0.39, 0.29) is 19.1 Å². The van der Waals surface area contributed by atoms with Gasteiger partial charge in [-0.3, -0.25) is 9.78 Å². The van der Waals surface area contributed by atoms with E-state index in [0.717, 1.165) is 0 Å². The summed E-state index contributed by atoms with van der Waals surface area (Å²) in [5.74, 6) is 0.0551. The van der Waals surface area contributed by atoms with Crippen LogP contribution in [0, 0.1) is 0 Å². The molecule has 0 bridgehead atoms. The van der Waals surface area contributed by atoms with Gasteiger partial charge in [-0.15, -0.1) is 0 Å². The van der Waals surface area contributed by atoms with Gasteiger partial charge in [-0.2, -0.15) is 0 Å². The van der Waals surface area contributed by atoms with Crippen molar-refractivity contribution < 1.29 is 19.4 Å². The number of hydrogen-bond donors (Lipinski definition) is 2. The third-order valence-electron chi connectivity index (χ3n) is 2.17. The molecule has 6 heteroatoms. The monoisotopic (exact) mass is 240 g/mol. The van der Waals surface area contributed by atoms with Gasteiger partial charge >= 0.3 is 0 Å². The molecule has 1 rings (SSSR count). The van der Waals surface area contributed by atoms with Crippen LogP contribution >= 0.6 is 0 Å². The third kappa shape index (κ3) is 3.69. The molecule has 94 valence electrons. The van der Waals surface area contributed by atoms with Crippen LogP contribution in [0.15, 0.2) is 18.5 Å². The first-order valence-electron chi connectivity index (χ1n) is 5.11. The van der Waals surface area contributed by atoms with E-state index in [9.17, 15) is 4.79 Å². The number of pyridine rings is 1. The Morgan fingerprint density at radius 3 is 2.94 bits per heavy atom. The molecule has 0 spiro atoms. The number of rotatable bonds is 6. The van der Waals surface area contributed by atoms with Crippen LogP contribution in [-0.2, 0) is 4.74 Å². The molecule has 2 N–H and O–H groups in total. The average Bonchev–Trinajstić information content (AvgIpc) is 2.38. The van der Waals surface area contributed by atoms with Crippen molar-refractivity contribution >= 4 is 5.91 Å². The molecular weight excluding hydrogens is 224 g/mol. The highest BCUT2D eigenvalue weighted by Crippen LogP contribution is 2.15. The molecule has 0 aliphatic rings. The standard InChI is InChI=1S/C11H16N2O4/c1-16-7-8(6-14)13-11(15)9-3-4-12-5-10(9)17-2/h3-5,8,14H,6-7H2,1-2H3,(H,13,15). The normalized spacial score (nSPS) is 11.9. The van der Waals surface area contributed by atoms with Gasteiger partial charge in [0.1, 0.15) is 5.75 Å². The summed E-state index contributed by atoms with van der Waals surface area (Å²) >= 11 is 0. The van der Waals surface area contributed by atoms with E-state index in [4.69, 9.17) is 14.6 Å². The zero-order valence-electron chi connectivity index (χ0n) is 9.84. The molecular formula is C11H16N2O4. The number of aliphatic hydroxyl groups is 1. The fraction of sp³-hybridized carbons (Fsp3) is 0.455. The lowest BCUT2D eigenvalue weighted by atomic mass is 10.2. The number of carbonyl (C=O) groups is 1. The lowest BCUT2D eigenvalue weighted by Gasteiger charge is -2.16. The van der Waals surface area contributed by atoms with Gasteiger partial charge in [0.25, 0.3) is 5.91 Å². The van der Waals surface area contributed by atoms with E-state index in [1.165, 1.54) is 26.6 Å². The van der Waals surface area contributed by atoms with Crippen LogP contribution in [-0.4, -0.2) is 49.5 Å². The maximum atomic E-state index is 11.9. The van der Waals surface area contributed by atoms with Crippen LogP contribution in [0.1, 0.15) is 10.4 Å². The van der Waals surface area contributed by atoms with Gasteiger partial charge in [-0.1, -0.05) is 0 Å². The van der Waals surface area contributed by atoms with Crippen LogP contribution in [0.3, 0.4) is 0 Å². The molecule has 17 heavy (non-hydrogen) atoms. The topological polar surface area (TPSA) is 80.7 Å². The molecule has 0 aromatic carbocycles. The minimum atomic E-state index is -0.439. The zero-order valence-corrected chi connectivity index (χ0v) is 9.84. The lowest BCUT2D eigenvalue weighted by Crippen LogP contribution is -2.40. The minimum absolute atomic E-state index is 0.188. The molecule has 1 heterocycles. The summed E-state index contributed by atoms with van der Waals surface area (Å²) in [7, 11) is 2.97. The van der Waals surface area contributed by atoms with Gasteiger partial charge in [-0.05, 0) is 6.07 Å². The van der Waals surface area contributed by atoms with E-state index < -0.39 is 6.04 Å². The molecule has 1 amide bonds.